The van der Waals surface area contributed by atoms with Gasteiger partial charge in [0, 0.05) is 18.5 Å². The van der Waals surface area contributed by atoms with Crippen LogP contribution in [0.2, 0.25) is 0 Å². The maximum absolute atomic E-state index is 13.9. The molecule has 9 heteroatoms. The topological polar surface area (TPSA) is 131 Å². The van der Waals surface area contributed by atoms with Gasteiger partial charge in [0.1, 0.15) is 17.7 Å². The van der Waals surface area contributed by atoms with Crippen molar-refractivity contribution in [1.82, 2.24) is 15.5 Å². The van der Waals surface area contributed by atoms with Gasteiger partial charge in [0.25, 0.3) is 0 Å². The van der Waals surface area contributed by atoms with Gasteiger partial charge in [-0.25, -0.2) is 4.79 Å². The Kier molecular flexibility index (Phi) is 8.55. The van der Waals surface area contributed by atoms with Crippen LogP contribution in [-0.2, 0) is 19.1 Å². The predicted molar refractivity (Wildman–Crippen MR) is 134 cm³/mol. The summed E-state index contributed by atoms with van der Waals surface area (Å²) in [4.78, 5) is 53.2. The maximum atomic E-state index is 13.9. The van der Waals surface area contributed by atoms with E-state index in [1.54, 1.807) is 25.7 Å². The Morgan fingerprint density at radius 1 is 1.09 bits per heavy atom. The van der Waals surface area contributed by atoms with Gasteiger partial charge in [-0.2, -0.15) is 0 Å². The molecule has 200 valence electrons. The van der Waals surface area contributed by atoms with Crippen LogP contribution < -0.4 is 16.4 Å². The molecule has 1 saturated heterocycles. The molecule has 2 fully saturated rings. The standard InChI is InChI=1S/C26H46N4O5/c1-15(2)17-10-18(21(32)29-26(13-19(27)31)11-16(3)12-26)30(14-17)22(33)20(24(4,5)6)28-23(34)35-25(7,8)9/h15-18,20H,10-14H2,1-9H3,(H2,27,31)(H,28,34)(H,29,32)/t16?,17?,18-,20+,26?/m0/s1. The molecule has 1 heterocycles. The van der Waals surface area contributed by atoms with Gasteiger partial charge < -0.3 is 26.0 Å². The monoisotopic (exact) mass is 494 g/mol. The number of hydrogen-bond donors (Lipinski definition) is 3. The molecule has 1 saturated carbocycles. The molecular weight excluding hydrogens is 448 g/mol. The number of rotatable bonds is 7. The number of nitrogens with one attached hydrogen (secondary N) is 2. The molecule has 4 amide bonds. The number of ether oxygens (including phenoxy) is 1. The van der Waals surface area contributed by atoms with Crippen molar-refractivity contribution >= 4 is 23.8 Å². The Morgan fingerprint density at radius 2 is 1.66 bits per heavy atom. The number of nitrogens with zero attached hydrogens (tertiary/aromatic N) is 1. The molecule has 2 aliphatic rings. The molecule has 1 aliphatic carbocycles. The lowest BCUT2D eigenvalue weighted by Gasteiger charge is -2.47. The van der Waals surface area contributed by atoms with Gasteiger partial charge >= 0.3 is 6.09 Å². The van der Waals surface area contributed by atoms with E-state index in [9.17, 15) is 19.2 Å². The first kappa shape index (κ1) is 28.9. The van der Waals surface area contributed by atoms with Crippen molar-refractivity contribution in [1.29, 1.82) is 0 Å². The van der Waals surface area contributed by atoms with E-state index in [-0.39, 0.29) is 30.1 Å². The lowest BCUT2D eigenvalue weighted by atomic mass is 9.67. The summed E-state index contributed by atoms with van der Waals surface area (Å²) in [5.74, 6) is -0.214. The molecule has 9 nitrogen and oxygen atoms in total. The van der Waals surface area contributed by atoms with Gasteiger partial charge in [0.2, 0.25) is 17.7 Å². The minimum Gasteiger partial charge on any atom is -0.444 e. The van der Waals surface area contributed by atoms with E-state index in [0.717, 1.165) is 0 Å². The zero-order valence-electron chi connectivity index (χ0n) is 23.0. The molecular formula is C26H46N4O5. The van der Waals surface area contributed by atoms with E-state index < -0.39 is 40.6 Å². The largest absolute Gasteiger partial charge is 0.444 e. The maximum Gasteiger partial charge on any atom is 0.408 e. The van der Waals surface area contributed by atoms with Crippen LogP contribution in [0.15, 0.2) is 0 Å². The summed E-state index contributed by atoms with van der Waals surface area (Å²) < 4.78 is 5.40. The first-order chi connectivity index (χ1) is 15.8. The molecule has 35 heavy (non-hydrogen) atoms. The van der Waals surface area contributed by atoms with Crippen molar-refractivity contribution in [3.63, 3.8) is 0 Å². The number of primary amides is 1. The number of likely N-dealkylation sites (tertiary alicyclic amines) is 1. The number of hydrogen-bond acceptors (Lipinski definition) is 5. The highest BCUT2D eigenvalue weighted by Gasteiger charge is 2.49. The summed E-state index contributed by atoms with van der Waals surface area (Å²) >= 11 is 0. The van der Waals surface area contributed by atoms with Gasteiger partial charge in [0.15, 0.2) is 0 Å². The minimum atomic E-state index is -0.873. The van der Waals surface area contributed by atoms with E-state index in [0.29, 0.717) is 31.7 Å². The molecule has 3 atom stereocenters. The van der Waals surface area contributed by atoms with Crippen molar-refractivity contribution in [2.24, 2.45) is 28.9 Å². The fraction of sp³-hybridized carbons (Fsp3) is 0.846. The molecule has 2 rings (SSSR count). The van der Waals surface area contributed by atoms with Crippen molar-refractivity contribution in [2.75, 3.05) is 6.54 Å². The summed E-state index contributed by atoms with van der Waals surface area (Å²) in [6.45, 7) is 17.6. The molecule has 4 N–H and O–H groups in total. The average molecular weight is 495 g/mol. The quantitative estimate of drug-likeness (QED) is 0.501. The van der Waals surface area contributed by atoms with E-state index in [4.69, 9.17) is 10.5 Å². The van der Waals surface area contributed by atoms with Crippen molar-refractivity contribution in [3.8, 4) is 0 Å². The Morgan fingerprint density at radius 3 is 2.09 bits per heavy atom. The van der Waals surface area contributed by atoms with E-state index in [1.807, 2.05) is 20.8 Å². The first-order valence-electron chi connectivity index (χ1n) is 12.7. The Bertz CT molecular complexity index is 821. The van der Waals surface area contributed by atoms with Crippen molar-refractivity contribution < 1.29 is 23.9 Å². The van der Waals surface area contributed by atoms with Gasteiger partial charge in [0.05, 0.1) is 0 Å². The van der Waals surface area contributed by atoms with E-state index in [2.05, 4.69) is 31.4 Å². The number of amides is 4. The second-order valence-corrected chi connectivity index (χ2v) is 13.1. The number of nitrogens with two attached hydrogens (primary N) is 1. The fourth-order valence-electron chi connectivity index (χ4n) is 5.33. The van der Waals surface area contributed by atoms with Crippen molar-refractivity contribution in [2.45, 2.75) is 111 Å². The normalized spacial score (nSPS) is 27.7. The zero-order valence-corrected chi connectivity index (χ0v) is 23.0. The molecule has 0 aromatic carbocycles. The number of alkyl carbamates (subject to hydrolysis) is 1. The molecule has 1 unspecified atom stereocenters. The third-order valence-electron chi connectivity index (χ3n) is 7.02. The van der Waals surface area contributed by atoms with Gasteiger partial charge in [-0.05, 0) is 63.2 Å². The van der Waals surface area contributed by atoms with Crippen LogP contribution in [-0.4, -0.2) is 58.5 Å². The molecule has 0 aromatic heterocycles. The smallest absolute Gasteiger partial charge is 0.408 e. The summed E-state index contributed by atoms with van der Waals surface area (Å²) in [6.07, 6.45) is 1.31. The minimum absolute atomic E-state index is 0.0855. The molecule has 0 spiro atoms. The lowest BCUT2D eigenvalue weighted by molar-refractivity contribution is -0.143. The van der Waals surface area contributed by atoms with Crippen LogP contribution in [0.25, 0.3) is 0 Å². The van der Waals surface area contributed by atoms with Crippen LogP contribution in [0, 0.1) is 23.2 Å². The van der Waals surface area contributed by atoms with Crippen LogP contribution in [0.1, 0.15) is 88.0 Å². The van der Waals surface area contributed by atoms with Gasteiger partial charge in [-0.3, -0.25) is 14.4 Å². The summed E-state index contributed by atoms with van der Waals surface area (Å²) in [6, 6.07) is -1.55. The van der Waals surface area contributed by atoms with Gasteiger partial charge in [-0.1, -0.05) is 41.5 Å². The molecule has 0 aromatic rings. The summed E-state index contributed by atoms with van der Waals surface area (Å²) in [7, 11) is 0. The second kappa shape index (κ2) is 10.3. The zero-order chi connectivity index (χ0) is 26.9. The van der Waals surface area contributed by atoms with Gasteiger partial charge in [-0.15, -0.1) is 0 Å². The van der Waals surface area contributed by atoms with Crippen molar-refractivity contribution in [3.05, 3.63) is 0 Å². The second-order valence-electron chi connectivity index (χ2n) is 13.1. The lowest BCUT2D eigenvalue weighted by Crippen LogP contribution is -2.63. The number of carbonyl (C=O) groups excluding carboxylic acids is 4. The van der Waals surface area contributed by atoms with E-state index >= 15 is 0 Å². The SMILES string of the molecule is CC1CC(CC(N)=O)(NC(=O)[C@@H]2CC(C(C)C)CN2C(=O)[C@@H](NC(=O)OC(C)(C)C)C(C)(C)C)C1. The first-order valence-corrected chi connectivity index (χ1v) is 12.7. The van der Waals surface area contributed by atoms with Crippen LogP contribution in [0.3, 0.4) is 0 Å². The molecule has 1 aliphatic heterocycles. The van der Waals surface area contributed by atoms with E-state index in [1.165, 1.54) is 0 Å². The van der Waals surface area contributed by atoms with Crippen LogP contribution in [0.5, 0.6) is 0 Å². The highest BCUT2D eigenvalue weighted by atomic mass is 16.6. The fourth-order valence-corrected chi connectivity index (χ4v) is 5.33. The Hall–Kier alpha value is -2.32. The molecule has 0 radical (unpaired) electrons. The van der Waals surface area contributed by atoms with Crippen LogP contribution >= 0.6 is 0 Å². The van der Waals surface area contributed by atoms with Crippen LogP contribution in [0.4, 0.5) is 4.79 Å². The Labute approximate surface area is 210 Å². The third-order valence-corrected chi connectivity index (χ3v) is 7.02. The summed E-state index contributed by atoms with van der Waals surface area (Å²) in [5, 5.41) is 5.83. The highest BCUT2D eigenvalue weighted by Crippen LogP contribution is 2.41. The summed E-state index contributed by atoms with van der Waals surface area (Å²) in [5.41, 5.74) is 3.51. The highest BCUT2D eigenvalue weighted by molar-refractivity contribution is 5.93. The molecule has 0 bridgehead atoms. The Balaban J connectivity index is 2.29. The third kappa shape index (κ3) is 7.58. The average Bonchev–Trinajstić information content (AvgIpc) is 3.07. The number of carbonyl (C=O) groups is 4. The predicted octanol–water partition coefficient (Wildman–Crippen LogP) is 2.96.